The lowest BCUT2D eigenvalue weighted by molar-refractivity contribution is 0.337. The SMILES string of the molecule is [SiH3]C(Cl)(Cl)C1CC2CCC1C2. The fourth-order valence-corrected chi connectivity index (χ4v) is 4.11. The number of alkyl halides is 2. The van der Waals surface area contributed by atoms with Crippen LogP contribution in [0, 0.1) is 17.8 Å². The number of halogens is 2. The van der Waals surface area contributed by atoms with Gasteiger partial charge in [-0.25, -0.2) is 0 Å². The largest absolute Gasteiger partial charge is 0.107 e. The zero-order valence-electron chi connectivity index (χ0n) is 6.82. The molecule has 2 bridgehead atoms. The molecule has 0 N–H and O–H groups in total. The van der Waals surface area contributed by atoms with Crippen molar-refractivity contribution >= 4 is 33.4 Å². The van der Waals surface area contributed by atoms with Crippen molar-refractivity contribution in [3.05, 3.63) is 0 Å². The van der Waals surface area contributed by atoms with E-state index in [-0.39, 0.29) is 3.96 Å². The number of rotatable bonds is 1. The summed E-state index contributed by atoms with van der Waals surface area (Å²) in [7, 11) is 0.915. The lowest BCUT2D eigenvalue weighted by atomic mass is 9.90. The summed E-state index contributed by atoms with van der Waals surface area (Å²) in [5, 5.41) is 0. The van der Waals surface area contributed by atoms with E-state index >= 15 is 0 Å². The van der Waals surface area contributed by atoms with Crippen molar-refractivity contribution in [3.8, 4) is 0 Å². The highest BCUT2D eigenvalue weighted by atomic mass is 35.5. The molecule has 0 aromatic heterocycles. The van der Waals surface area contributed by atoms with Gasteiger partial charge in [0.15, 0.2) is 0 Å². The van der Waals surface area contributed by atoms with Crippen LogP contribution in [0.15, 0.2) is 0 Å². The summed E-state index contributed by atoms with van der Waals surface area (Å²) in [6, 6.07) is 0. The van der Waals surface area contributed by atoms with E-state index in [9.17, 15) is 0 Å². The van der Waals surface area contributed by atoms with Crippen LogP contribution in [0.25, 0.3) is 0 Å². The molecular weight excluding hydrogens is 195 g/mol. The van der Waals surface area contributed by atoms with Crippen LogP contribution in [0.1, 0.15) is 25.7 Å². The molecule has 2 aliphatic rings. The molecule has 0 amide bonds. The molecule has 0 nitrogen and oxygen atoms in total. The second-order valence-corrected chi connectivity index (χ2v) is 8.85. The van der Waals surface area contributed by atoms with E-state index in [0.29, 0.717) is 5.92 Å². The molecule has 0 saturated heterocycles. The number of hydrogen-bond donors (Lipinski definition) is 0. The molecule has 2 saturated carbocycles. The van der Waals surface area contributed by atoms with E-state index in [1.165, 1.54) is 25.7 Å². The Labute approximate surface area is 81.1 Å². The van der Waals surface area contributed by atoms with Gasteiger partial charge in [-0.2, -0.15) is 0 Å². The predicted octanol–water partition coefficient (Wildman–Crippen LogP) is 1.92. The van der Waals surface area contributed by atoms with Gasteiger partial charge in [-0.3, -0.25) is 0 Å². The van der Waals surface area contributed by atoms with Crippen LogP contribution in [0.4, 0.5) is 0 Å². The minimum absolute atomic E-state index is 0.333. The maximum atomic E-state index is 6.16. The minimum Gasteiger partial charge on any atom is -0.107 e. The van der Waals surface area contributed by atoms with Crippen LogP contribution in [-0.4, -0.2) is 14.2 Å². The molecule has 2 fully saturated rings. The Morgan fingerprint density at radius 2 is 1.91 bits per heavy atom. The zero-order valence-corrected chi connectivity index (χ0v) is 10.3. The van der Waals surface area contributed by atoms with E-state index in [0.717, 1.165) is 22.1 Å². The van der Waals surface area contributed by atoms with Crippen molar-refractivity contribution in [3.63, 3.8) is 0 Å². The van der Waals surface area contributed by atoms with Gasteiger partial charge in [-0.05, 0) is 37.0 Å². The van der Waals surface area contributed by atoms with Crippen molar-refractivity contribution in [2.45, 2.75) is 29.6 Å². The highest BCUT2D eigenvalue weighted by Crippen LogP contribution is 2.53. The van der Waals surface area contributed by atoms with Gasteiger partial charge in [0.25, 0.3) is 0 Å². The highest BCUT2D eigenvalue weighted by Gasteiger charge is 2.46. The van der Waals surface area contributed by atoms with Gasteiger partial charge in [-0.1, -0.05) is 6.42 Å². The van der Waals surface area contributed by atoms with Gasteiger partial charge < -0.3 is 0 Å². The summed E-state index contributed by atoms with van der Waals surface area (Å²) in [6.45, 7) is 0. The van der Waals surface area contributed by atoms with Crippen LogP contribution >= 0.6 is 23.2 Å². The van der Waals surface area contributed by atoms with Gasteiger partial charge in [0.1, 0.15) is 3.96 Å². The Bertz CT molecular complexity index is 164. The smallest absolute Gasteiger partial charge is 0.100 e. The molecule has 0 heterocycles. The summed E-state index contributed by atoms with van der Waals surface area (Å²) in [4.78, 5) is 0. The molecule has 2 aliphatic carbocycles. The van der Waals surface area contributed by atoms with Gasteiger partial charge in [0.05, 0.1) is 0 Å². The molecule has 2 rings (SSSR count). The third kappa shape index (κ3) is 1.48. The third-order valence-corrected chi connectivity index (χ3v) is 4.69. The fraction of sp³-hybridized carbons (Fsp3) is 1.00. The average molecular weight is 209 g/mol. The van der Waals surface area contributed by atoms with Crippen molar-refractivity contribution in [2.75, 3.05) is 0 Å². The average Bonchev–Trinajstić information content (AvgIpc) is 2.42. The summed E-state index contributed by atoms with van der Waals surface area (Å²) < 4.78 is -0.333. The van der Waals surface area contributed by atoms with Crippen LogP contribution in [0.5, 0.6) is 0 Å². The van der Waals surface area contributed by atoms with E-state index in [1.54, 1.807) is 0 Å². The quantitative estimate of drug-likeness (QED) is 0.457. The van der Waals surface area contributed by atoms with Gasteiger partial charge in [0, 0.05) is 10.2 Å². The molecule has 3 atom stereocenters. The number of hydrogen-bond acceptors (Lipinski definition) is 0. The molecule has 0 aliphatic heterocycles. The van der Waals surface area contributed by atoms with Crippen molar-refractivity contribution in [2.24, 2.45) is 17.8 Å². The molecule has 3 unspecified atom stereocenters. The zero-order chi connectivity index (χ0) is 8.06. The molecule has 0 radical (unpaired) electrons. The lowest BCUT2D eigenvalue weighted by Crippen LogP contribution is -2.30. The van der Waals surface area contributed by atoms with Crippen molar-refractivity contribution in [1.82, 2.24) is 0 Å². The third-order valence-electron chi connectivity index (χ3n) is 3.39. The molecule has 3 heteroatoms. The fourth-order valence-electron chi connectivity index (χ4n) is 2.87. The molecule has 0 spiro atoms. The predicted molar refractivity (Wildman–Crippen MR) is 53.3 cm³/mol. The second-order valence-electron chi connectivity index (χ2n) is 4.24. The second kappa shape index (κ2) is 2.64. The Balaban J connectivity index is 2.08. The van der Waals surface area contributed by atoms with Crippen LogP contribution in [0.2, 0.25) is 0 Å². The maximum absolute atomic E-state index is 6.16. The molecule has 0 aromatic rings. The Morgan fingerprint density at radius 3 is 2.18 bits per heavy atom. The summed E-state index contributed by atoms with van der Waals surface area (Å²) in [6.07, 6.45) is 5.54. The van der Waals surface area contributed by atoms with Crippen molar-refractivity contribution < 1.29 is 0 Å². The van der Waals surface area contributed by atoms with Crippen LogP contribution < -0.4 is 0 Å². The Hall–Kier alpha value is 0.797. The number of fused-ring (bicyclic) bond motifs is 2. The Morgan fingerprint density at radius 1 is 1.18 bits per heavy atom. The summed E-state index contributed by atoms with van der Waals surface area (Å²) >= 11 is 12.3. The molecule has 64 valence electrons. The van der Waals surface area contributed by atoms with Crippen LogP contribution in [0.3, 0.4) is 0 Å². The van der Waals surface area contributed by atoms with E-state index in [2.05, 4.69) is 0 Å². The first-order chi connectivity index (χ1) is 5.07. The molecular formula is C8H14Cl2Si. The van der Waals surface area contributed by atoms with E-state index < -0.39 is 0 Å². The minimum atomic E-state index is -0.333. The standard InChI is InChI=1S/C8H14Cl2Si/c9-8(10,11)7-4-5-1-2-6(7)3-5/h5-7H,1-4H2,11H3. The van der Waals surface area contributed by atoms with E-state index in [4.69, 9.17) is 23.2 Å². The van der Waals surface area contributed by atoms with Gasteiger partial charge >= 0.3 is 0 Å². The van der Waals surface area contributed by atoms with Crippen molar-refractivity contribution in [1.29, 1.82) is 0 Å². The normalized spacial score (nSPS) is 43.6. The first kappa shape index (κ1) is 8.40. The monoisotopic (exact) mass is 208 g/mol. The summed E-state index contributed by atoms with van der Waals surface area (Å²) in [5.74, 6) is 2.47. The van der Waals surface area contributed by atoms with Crippen LogP contribution in [-0.2, 0) is 0 Å². The van der Waals surface area contributed by atoms with Gasteiger partial charge in [0.2, 0.25) is 0 Å². The lowest BCUT2D eigenvalue weighted by Gasteiger charge is -2.30. The first-order valence-corrected chi connectivity index (χ1v) is 6.21. The highest BCUT2D eigenvalue weighted by molar-refractivity contribution is 6.65. The van der Waals surface area contributed by atoms with Gasteiger partial charge in [-0.15, -0.1) is 23.2 Å². The topological polar surface area (TPSA) is 0 Å². The maximum Gasteiger partial charge on any atom is 0.100 e. The molecule has 0 aromatic carbocycles. The Kier molecular flexibility index (Phi) is 2.02. The molecule has 11 heavy (non-hydrogen) atoms. The first-order valence-electron chi connectivity index (χ1n) is 4.45. The van der Waals surface area contributed by atoms with E-state index in [1.807, 2.05) is 0 Å². The summed E-state index contributed by atoms with van der Waals surface area (Å²) in [5.41, 5.74) is 0.